The molecule has 1 aromatic rings. The van der Waals surface area contributed by atoms with E-state index >= 15 is 0 Å². The van der Waals surface area contributed by atoms with Crippen molar-refractivity contribution >= 4 is 5.96 Å². The minimum atomic E-state index is 0.329. The Labute approximate surface area is 149 Å². The van der Waals surface area contributed by atoms with Gasteiger partial charge < -0.3 is 19.9 Å². The van der Waals surface area contributed by atoms with E-state index in [-0.39, 0.29) is 0 Å². The van der Waals surface area contributed by atoms with Gasteiger partial charge >= 0.3 is 0 Å². The Morgan fingerprint density at radius 3 is 2.88 bits per heavy atom. The van der Waals surface area contributed by atoms with Crippen LogP contribution in [0.3, 0.4) is 0 Å². The third-order valence-corrected chi connectivity index (χ3v) is 6.40. The molecule has 3 aliphatic rings. The Kier molecular flexibility index (Phi) is 4.48. The summed E-state index contributed by atoms with van der Waals surface area (Å²) in [5.41, 5.74) is 1.32. The number of hydrogen-bond acceptors (Lipinski definition) is 4. The van der Waals surface area contributed by atoms with Crippen LogP contribution in [0, 0.1) is 11.3 Å². The van der Waals surface area contributed by atoms with Crippen LogP contribution in [0.4, 0.5) is 0 Å². The van der Waals surface area contributed by atoms with Crippen LogP contribution in [0.1, 0.15) is 63.3 Å². The van der Waals surface area contributed by atoms with Crippen molar-refractivity contribution in [3.05, 3.63) is 17.5 Å². The summed E-state index contributed by atoms with van der Waals surface area (Å²) in [5, 5.41) is 11.2. The van der Waals surface area contributed by atoms with Crippen LogP contribution < -0.4 is 10.6 Å². The minimum absolute atomic E-state index is 0.329. The van der Waals surface area contributed by atoms with Gasteiger partial charge in [-0.2, -0.15) is 0 Å². The summed E-state index contributed by atoms with van der Waals surface area (Å²) in [6.07, 6.45) is 6.85. The van der Waals surface area contributed by atoms with Crippen molar-refractivity contribution in [2.75, 3.05) is 13.7 Å². The molecule has 2 N–H and O–H groups in total. The Bertz CT molecular complexity index is 633. The van der Waals surface area contributed by atoms with Gasteiger partial charge in [0, 0.05) is 37.1 Å². The highest BCUT2D eigenvalue weighted by molar-refractivity contribution is 5.80. The number of aliphatic imine (C=N–C) groups is 1. The predicted octanol–water partition coefficient (Wildman–Crippen LogP) is 2.81. The first kappa shape index (κ1) is 16.9. The lowest BCUT2D eigenvalue weighted by Gasteiger charge is -2.57. The Morgan fingerprint density at radius 1 is 1.40 bits per heavy atom. The lowest BCUT2D eigenvalue weighted by atomic mass is 9.54. The third-order valence-electron chi connectivity index (χ3n) is 6.40. The molecule has 3 fully saturated rings. The molecule has 1 aliphatic heterocycles. The molecular formula is C19H30N4O2. The fourth-order valence-electron chi connectivity index (χ4n) is 5.10. The predicted molar refractivity (Wildman–Crippen MR) is 96.5 cm³/mol. The van der Waals surface area contributed by atoms with Crippen molar-refractivity contribution in [2.24, 2.45) is 16.3 Å². The third kappa shape index (κ3) is 2.84. The van der Waals surface area contributed by atoms with E-state index in [9.17, 15) is 0 Å². The van der Waals surface area contributed by atoms with Crippen molar-refractivity contribution in [3.8, 4) is 0 Å². The minimum Gasteiger partial charge on any atom is -0.377 e. The summed E-state index contributed by atoms with van der Waals surface area (Å²) in [7, 11) is 1.83. The first-order chi connectivity index (χ1) is 12.1. The number of nitrogens with zero attached hydrogens (tertiary/aromatic N) is 2. The van der Waals surface area contributed by atoms with E-state index in [0.29, 0.717) is 35.9 Å². The summed E-state index contributed by atoms with van der Waals surface area (Å²) < 4.78 is 11.5. The van der Waals surface area contributed by atoms with Crippen LogP contribution in [0.25, 0.3) is 0 Å². The van der Waals surface area contributed by atoms with Crippen molar-refractivity contribution in [3.63, 3.8) is 0 Å². The molecule has 6 nitrogen and oxygen atoms in total. The summed E-state index contributed by atoms with van der Waals surface area (Å²) >= 11 is 0. The van der Waals surface area contributed by atoms with E-state index < -0.39 is 0 Å². The molecule has 2 saturated carbocycles. The summed E-state index contributed by atoms with van der Waals surface area (Å²) in [6.45, 7) is 5.75. The zero-order valence-corrected chi connectivity index (χ0v) is 15.5. The number of hydrogen-bond donors (Lipinski definition) is 2. The standard InChI is InChI=1S/C19H30N4O2/c1-12(2)15-10-13(25-23-15)11-21-18(20-3)22-16-14-6-9-24-17(14)19(16)7-4-5-8-19/h10,12,14,16-17H,4-9,11H2,1-3H3,(H2,20,21,22). The number of rotatable bonds is 4. The van der Waals surface area contributed by atoms with Crippen LogP contribution in [-0.4, -0.2) is 36.9 Å². The maximum absolute atomic E-state index is 6.07. The second-order valence-corrected chi connectivity index (χ2v) is 8.10. The van der Waals surface area contributed by atoms with Gasteiger partial charge in [0.15, 0.2) is 11.7 Å². The van der Waals surface area contributed by atoms with Crippen LogP contribution in [0.15, 0.2) is 15.6 Å². The number of aromatic nitrogens is 1. The largest absolute Gasteiger partial charge is 0.377 e. The SMILES string of the molecule is CN=C(NCc1cc(C(C)C)no1)NC1C2CCOC2C12CCCC2. The van der Waals surface area contributed by atoms with Gasteiger partial charge in [0.2, 0.25) is 0 Å². The molecule has 1 saturated heterocycles. The molecule has 1 spiro atoms. The summed E-state index contributed by atoms with van der Waals surface area (Å²) in [6, 6.07) is 2.50. The molecule has 4 rings (SSSR count). The average molecular weight is 346 g/mol. The molecular weight excluding hydrogens is 316 g/mol. The Morgan fingerprint density at radius 2 is 2.20 bits per heavy atom. The first-order valence-corrected chi connectivity index (χ1v) is 9.68. The molecule has 6 heteroatoms. The van der Waals surface area contributed by atoms with Gasteiger partial charge in [0.25, 0.3) is 0 Å². The zero-order valence-electron chi connectivity index (χ0n) is 15.5. The van der Waals surface area contributed by atoms with Gasteiger partial charge in [0.05, 0.1) is 18.3 Å². The lowest BCUT2D eigenvalue weighted by Crippen LogP contribution is -2.69. The molecule has 3 unspecified atom stereocenters. The Hall–Kier alpha value is -1.56. The Balaban J connectivity index is 1.38. The normalized spacial score (nSPS) is 30.6. The number of guanidine groups is 1. The van der Waals surface area contributed by atoms with E-state index in [2.05, 4.69) is 34.6 Å². The molecule has 2 heterocycles. The molecule has 0 aromatic carbocycles. The average Bonchev–Trinajstić information content (AvgIpc) is 3.34. The number of ether oxygens (including phenoxy) is 1. The van der Waals surface area contributed by atoms with E-state index in [4.69, 9.17) is 9.26 Å². The number of fused-ring (bicyclic) bond motifs is 2. The first-order valence-electron chi connectivity index (χ1n) is 9.68. The van der Waals surface area contributed by atoms with Crippen LogP contribution in [0.2, 0.25) is 0 Å². The van der Waals surface area contributed by atoms with E-state index in [1.54, 1.807) is 0 Å². The van der Waals surface area contributed by atoms with Crippen LogP contribution in [0.5, 0.6) is 0 Å². The second-order valence-electron chi connectivity index (χ2n) is 8.10. The molecule has 0 bridgehead atoms. The maximum atomic E-state index is 6.07. The fourth-order valence-corrected chi connectivity index (χ4v) is 5.10. The van der Waals surface area contributed by atoms with Gasteiger partial charge in [-0.25, -0.2) is 0 Å². The van der Waals surface area contributed by atoms with Crippen molar-refractivity contribution in [1.29, 1.82) is 0 Å². The second kappa shape index (κ2) is 6.63. The van der Waals surface area contributed by atoms with Crippen LogP contribution in [-0.2, 0) is 11.3 Å². The monoisotopic (exact) mass is 346 g/mol. The van der Waals surface area contributed by atoms with Crippen molar-refractivity contribution in [1.82, 2.24) is 15.8 Å². The molecule has 138 valence electrons. The van der Waals surface area contributed by atoms with E-state index in [0.717, 1.165) is 24.0 Å². The maximum Gasteiger partial charge on any atom is 0.191 e. The molecule has 0 amide bonds. The zero-order chi connectivity index (χ0) is 17.4. The fraction of sp³-hybridized carbons (Fsp3) is 0.789. The molecule has 3 atom stereocenters. The highest BCUT2D eigenvalue weighted by Gasteiger charge is 2.65. The topological polar surface area (TPSA) is 71.7 Å². The quantitative estimate of drug-likeness (QED) is 0.648. The molecule has 2 aliphatic carbocycles. The molecule has 1 aromatic heterocycles. The van der Waals surface area contributed by atoms with Crippen molar-refractivity contribution in [2.45, 2.75) is 70.6 Å². The molecule has 0 radical (unpaired) electrons. The van der Waals surface area contributed by atoms with Gasteiger partial charge in [-0.15, -0.1) is 0 Å². The van der Waals surface area contributed by atoms with Gasteiger partial charge in [-0.3, -0.25) is 4.99 Å². The van der Waals surface area contributed by atoms with Crippen molar-refractivity contribution < 1.29 is 9.26 Å². The lowest BCUT2D eigenvalue weighted by molar-refractivity contribution is -0.125. The van der Waals surface area contributed by atoms with Gasteiger partial charge in [-0.05, 0) is 25.2 Å². The number of nitrogens with one attached hydrogen (secondary N) is 2. The van der Waals surface area contributed by atoms with Gasteiger partial charge in [-0.1, -0.05) is 31.8 Å². The summed E-state index contributed by atoms with van der Waals surface area (Å²) in [5.74, 6) is 2.71. The smallest absolute Gasteiger partial charge is 0.191 e. The summed E-state index contributed by atoms with van der Waals surface area (Å²) in [4.78, 5) is 4.43. The highest BCUT2D eigenvalue weighted by Crippen LogP contribution is 2.60. The van der Waals surface area contributed by atoms with Crippen LogP contribution >= 0.6 is 0 Å². The highest BCUT2D eigenvalue weighted by atomic mass is 16.5. The van der Waals surface area contributed by atoms with Gasteiger partial charge in [0.1, 0.15) is 0 Å². The van der Waals surface area contributed by atoms with E-state index in [1.165, 1.54) is 32.1 Å². The molecule has 25 heavy (non-hydrogen) atoms. The van der Waals surface area contributed by atoms with E-state index in [1.807, 2.05) is 13.1 Å².